The van der Waals surface area contributed by atoms with Crippen molar-refractivity contribution in [2.75, 3.05) is 0 Å². The lowest BCUT2D eigenvalue weighted by molar-refractivity contribution is -0.136. The van der Waals surface area contributed by atoms with Crippen LogP contribution in [0.5, 0.6) is 11.5 Å². The molecule has 10 nitrogen and oxygen atoms in total. The van der Waals surface area contributed by atoms with Crippen molar-refractivity contribution in [3.8, 4) is 11.5 Å². The zero-order chi connectivity index (χ0) is 24.8. The third kappa shape index (κ3) is 5.66. The van der Waals surface area contributed by atoms with Crippen LogP contribution in [-0.4, -0.2) is 42.8 Å². The summed E-state index contributed by atoms with van der Waals surface area (Å²) in [5.74, 6) is -1.93. The predicted molar refractivity (Wildman–Crippen MR) is 119 cm³/mol. The Labute approximate surface area is 194 Å². The maximum absolute atomic E-state index is 12.6. The van der Waals surface area contributed by atoms with Crippen LogP contribution >= 0.6 is 0 Å². The number of phenolic OH excluding ortho intramolecular Hbond substituents is 1. The van der Waals surface area contributed by atoms with Gasteiger partial charge >= 0.3 is 5.97 Å². The van der Waals surface area contributed by atoms with Crippen molar-refractivity contribution < 1.29 is 34.5 Å². The van der Waals surface area contributed by atoms with Gasteiger partial charge in [-0.15, -0.1) is 0 Å². The SMILES string of the molecule is CCc1cc(C(C)=O)c(O)cc1OCc1cccc(C(=O)N=c2cccc(CC(=O)O)n2O)n1. The minimum absolute atomic E-state index is 0.00442. The average molecular weight is 465 g/mol. The number of nitrogens with zero attached hydrogens (tertiary/aromatic N) is 3. The first-order valence-electron chi connectivity index (χ1n) is 10.4. The maximum Gasteiger partial charge on any atom is 0.309 e. The average Bonchev–Trinajstić information content (AvgIpc) is 2.80. The van der Waals surface area contributed by atoms with Crippen molar-refractivity contribution in [3.63, 3.8) is 0 Å². The molecule has 1 aromatic carbocycles. The maximum atomic E-state index is 12.6. The van der Waals surface area contributed by atoms with Crippen LogP contribution in [0, 0.1) is 0 Å². The van der Waals surface area contributed by atoms with E-state index in [1.165, 1.54) is 37.3 Å². The topological polar surface area (TPSA) is 151 Å². The van der Waals surface area contributed by atoms with Crippen LogP contribution in [0.25, 0.3) is 0 Å². The number of phenols is 1. The molecule has 176 valence electrons. The number of carboxylic acid groups (broad SMARTS) is 1. The highest BCUT2D eigenvalue weighted by atomic mass is 16.5. The third-order valence-electron chi connectivity index (χ3n) is 4.91. The highest BCUT2D eigenvalue weighted by Crippen LogP contribution is 2.29. The Bertz CT molecular complexity index is 1330. The van der Waals surface area contributed by atoms with Crippen LogP contribution in [-0.2, 0) is 24.2 Å². The molecular weight excluding hydrogens is 442 g/mol. The molecule has 1 amide bonds. The van der Waals surface area contributed by atoms with E-state index in [1.54, 1.807) is 18.2 Å². The summed E-state index contributed by atoms with van der Waals surface area (Å²) in [6, 6.07) is 11.9. The molecule has 0 unspecified atom stereocenters. The second-order valence-corrected chi connectivity index (χ2v) is 7.36. The highest BCUT2D eigenvalue weighted by Gasteiger charge is 2.14. The fraction of sp³-hybridized carbons (Fsp3) is 0.208. The van der Waals surface area contributed by atoms with Gasteiger partial charge in [0.1, 0.15) is 23.8 Å². The first kappa shape index (κ1) is 24.2. The van der Waals surface area contributed by atoms with Gasteiger partial charge in [-0.25, -0.2) is 4.98 Å². The molecule has 0 saturated heterocycles. The standard InChI is InChI=1S/C24H23N3O7/c1-3-15-10-18(14(2)28)20(29)12-21(15)34-13-16-6-4-8-19(25-16)24(32)26-22-9-5-7-17(27(22)33)11-23(30)31/h4-10,12,29,33H,3,11,13H2,1-2H3,(H,30,31). The fourth-order valence-electron chi connectivity index (χ4n) is 3.21. The van der Waals surface area contributed by atoms with Gasteiger partial charge < -0.3 is 20.2 Å². The Balaban J connectivity index is 1.82. The summed E-state index contributed by atoms with van der Waals surface area (Å²) in [4.78, 5) is 43.2. The molecule has 2 heterocycles. The van der Waals surface area contributed by atoms with Crippen LogP contribution < -0.4 is 10.2 Å². The van der Waals surface area contributed by atoms with E-state index in [1.807, 2.05) is 6.92 Å². The Morgan fingerprint density at radius 3 is 2.53 bits per heavy atom. The minimum atomic E-state index is -1.14. The Morgan fingerprint density at radius 2 is 1.85 bits per heavy atom. The summed E-state index contributed by atoms with van der Waals surface area (Å²) in [6.07, 6.45) is 0.130. The number of Topliss-reactive ketones (excluding diaryl/α,β-unsaturated/α-hetero) is 1. The van der Waals surface area contributed by atoms with E-state index < -0.39 is 18.3 Å². The molecule has 0 radical (unpaired) electrons. The van der Waals surface area contributed by atoms with Gasteiger partial charge in [0.05, 0.1) is 23.4 Å². The fourth-order valence-corrected chi connectivity index (χ4v) is 3.21. The quantitative estimate of drug-likeness (QED) is 0.339. The molecule has 3 aromatic rings. The zero-order valence-corrected chi connectivity index (χ0v) is 18.6. The molecule has 0 spiro atoms. The van der Waals surface area contributed by atoms with Crippen LogP contribution in [0.1, 0.15) is 51.6 Å². The van der Waals surface area contributed by atoms with Crippen molar-refractivity contribution in [1.29, 1.82) is 0 Å². The second-order valence-electron chi connectivity index (χ2n) is 7.36. The summed E-state index contributed by atoms with van der Waals surface area (Å²) in [5.41, 5.74) is 1.28. The molecule has 0 atom stereocenters. The van der Waals surface area contributed by atoms with Gasteiger partial charge in [0.2, 0.25) is 0 Å². The largest absolute Gasteiger partial charge is 0.507 e. The number of aromatic nitrogens is 2. The first-order valence-corrected chi connectivity index (χ1v) is 10.4. The van der Waals surface area contributed by atoms with E-state index in [0.29, 0.717) is 22.6 Å². The van der Waals surface area contributed by atoms with E-state index >= 15 is 0 Å². The van der Waals surface area contributed by atoms with Gasteiger partial charge in [0.15, 0.2) is 11.3 Å². The number of pyridine rings is 2. The predicted octanol–water partition coefficient (Wildman–Crippen LogP) is 2.54. The molecule has 0 aliphatic carbocycles. The van der Waals surface area contributed by atoms with Crippen molar-refractivity contribution in [2.24, 2.45) is 4.99 Å². The summed E-state index contributed by atoms with van der Waals surface area (Å²) in [6.45, 7) is 3.25. The number of aryl methyl sites for hydroxylation is 1. The molecule has 0 aliphatic rings. The molecule has 10 heteroatoms. The Kier molecular flexibility index (Phi) is 7.42. The van der Waals surface area contributed by atoms with E-state index in [-0.39, 0.29) is 40.6 Å². The number of ether oxygens (including phenoxy) is 1. The number of aromatic hydroxyl groups is 1. The number of carbonyl (C=O) groups is 3. The molecule has 0 aliphatic heterocycles. The second kappa shape index (κ2) is 10.4. The van der Waals surface area contributed by atoms with E-state index in [2.05, 4.69) is 9.98 Å². The lowest BCUT2D eigenvalue weighted by atomic mass is 10.0. The summed E-state index contributed by atoms with van der Waals surface area (Å²) in [7, 11) is 0. The molecule has 0 bridgehead atoms. The number of amides is 1. The number of ketones is 1. The van der Waals surface area contributed by atoms with Crippen LogP contribution in [0.3, 0.4) is 0 Å². The lowest BCUT2D eigenvalue weighted by Gasteiger charge is -2.13. The van der Waals surface area contributed by atoms with Crippen molar-refractivity contribution >= 4 is 17.7 Å². The molecule has 0 fully saturated rings. The van der Waals surface area contributed by atoms with Gasteiger partial charge in [0.25, 0.3) is 5.91 Å². The molecule has 3 rings (SSSR count). The molecule has 3 N–H and O–H groups in total. The number of hydrogen-bond acceptors (Lipinski definition) is 7. The van der Waals surface area contributed by atoms with Crippen molar-refractivity contribution in [3.05, 3.63) is 82.2 Å². The van der Waals surface area contributed by atoms with E-state index in [4.69, 9.17) is 9.84 Å². The smallest absolute Gasteiger partial charge is 0.309 e. The zero-order valence-electron chi connectivity index (χ0n) is 18.6. The molecule has 0 saturated carbocycles. The van der Waals surface area contributed by atoms with Crippen LogP contribution in [0.15, 0.2) is 53.5 Å². The summed E-state index contributed by atoms with van der Waals surface area (Å²) < 4.78 is 6.32. The van der Waals surface area contributed by atoms with E-state index in [9.17, 15) is 24.7 Å². The third-order valence-corrected chi connectivity index (χ3v) is 4.91. The van der Waals surface area contributed by atoms with Gasteiger partial charge in [-0.2, -0.15) is 9.72 Å². The Hall–Kier alpha value is -4.47. The van der Waals surface area contributed by atoms with Gasteiger partial charge in [-0.1, -0.05) is 19.1 Å². The Morgan fingerprint density at radius 1 is 1.12 bits per heavy atom. The van der Waals surface area contributed by atoms with Gasteiger partial charge in [-0.3, -0.25) is 14.4 Å². The number of carbonyl (C=O) groups excluding carboxylic acids is 2. The lowest BCUT2D eigenvalue weighted by Crippen LogP contribution is -2.24. The summed E-state index contributed by atoms with van der Waals surface area (Å²) in [5, 5.41) is 29.2. The number of rotatable bonds is 8. The number of benzene rings is 1. The molecule has 2 aromatic heterocycles. The van der Waals surface area contributed by atoms with Gasteiger partial charge in [0, 0.05) is 6.07 Å². The van der Waals surface area contributed by atoms with Crippen LogP contribution in [0.4, 0.5) is 0 Å². The monoisotopic (exact) mass is 465 g/mol. The summed E-state index contributed by atoms with van der Waals surface area (Å²) >= 11 is 0. The number of aliphatic carboxylic acids is 1. The molecule has 34 heavy (non-hydrogen) atoms. The number of carboxylic acids is 1. The number of hydrogen-bond donors (Lipinski definition) is 3. The normalized spacial score (nSPS) is 11.3. The highest BCUT2D eigenvalue weighted by molar-refractivity contribution is 5.97. The van der Waals surface area contributed by atoms with Gasteiger partial charge in [-0.05, 0) is 49.2 Å². The minimum Gasteiger partial charge on any atom is -0.507 e. The van der Waals surface area contributed by atoms with Crippen molar-refractivity contribution in [1.82, 2.24) is 9.71 Å². The van der Waals surface area contributed by atoms with E-state index in [0.717, 1.165) is 5.56 Å². The van der Waals surface area contributed by atoms with Crippen LogP contribution in [0.2, 0.25) is 0 Å². The molecular formula is C24H23N3O7. The first-order chi connectivity index (χ1) is 16.2. The van der Waals surface area contributed by atoms with Crippen molar-refractivity contribution in [2.45, 2.75) is 33.3 Å².